The minimum atomic E-state index is -0.617. The van der Waals surface area contributed by atoms with Gasteiger partial charge in [-0.1, -0.05) is 26.2 Å². The van der Waals surface area contributed by atoms with Crippen molar-refractivity contribution in [2.24, 2.45) is 21.6 Å². The Morgan fingerprint density at radius 1 is 1.12 bits per heavy atom. The number of hydrogen-bond acceptors (Lipinski definition) is 5. The van der Waals surface area contributed by atoms with Gasteiger partial charge in [0, 0.05) is 18.7 Å². The normalized spacial score (nSPS) is 27.1. The lowest BCUT2D eigenvalue weighted by Gasteiger charge is -2.38. The van der Waals surface area contributed by atoms with Gasteiger partial charge in [0.1, 0.15) is 0 Å². The number of rotatable bonds is 7. The van der Waals surface area contributed by atoms with Crippen LogP contribution in [0, 0.1) is 11.7 Å². The van der Waals surface area contributed by atoms with E-state index in [2.05, 4.69) is 22.5 Å². The van der Waals surface area contributed by atoms with E-state index in [0.29, 0.717) is 36.1 Å². The number of benzene rings is 1. The molecule has 1 aliphatic carbocycles. The van der Waals surface area contributed by atoms with Gasteiger partial charge in [-0.25, -0.2) is 4.39 Å². The third-order valence-corrected chi connectivity index (χ3v) is 7.02. The van der Waals surface area contributed by atoms with E-state index in [0.717, 1.165) is 26.1 Å². The van der Waals surface area contributed by atoms with E-state index in [9.17, 15) is 4.39 Å². The van der Waals surface area contributed by atoms with E-state index >= 15 is 0 Å². The zero-order valence-electron chi connectivity index (χ0n) is 19.9. The first-order chi connectivity index (χ1) is 16.1. The van der Waals surface area contributed by atoms with E-state index in [1.165, 1.54) is 51.7 Å². The van der Waals surface area contributed by atoms with Crippen LogP contribution < -0.4 is 26.0 Å². The highest BCUT2D eigenvalue weighted by Gasteiger charge is 2.30. The Morgan fingerprint density at radius 3 is 2.67 bits per heavy atom. The van der Waals surface area contributed by atoms with Gasteiger partial charge in [0.2, 0.25) is 11.9 Å². The largest absolute Gasteiger partial charge is 0.494 e. The molecular weight excluding hydrogens is 421 g/mol. The lowest BCUT2D eigenvalue weighted by atomic mass is 9.89. The maximum Gasteiger partial charge on any atom is 0.208 e. The summed E-state index contributed by atoms with van der Waals surface area (Å²) in [4.78, 5) is 14.0. The number of nitrogens with two attached hydrogens (primary N) is 1. The minimum absolute atomic E-state index is 0.197. The number of halogens is 1. The minimum Gasteiger partial charge on any atom is -0.494 e. The average molecular weight is 460 g/mol. The highest BCUT2D eigenvalue weighted by molar-refractivity contribution is 6.09. The molecule has 0 bridgehead atoms. The van der Waals surface area contributed by atoms with Crippen molar-refractivity contribution in [3.63, 3.8) is 0 Å². The molecule has 0 spiro atoms. The maximum atomic E-state index is 14.5. The summed E-state index contributed by atoms with van der Waals surface area (Å²) in [6.07, 6.45) is 8.07. The van der Waals surface area contributed by atoms with Crippen LogP contribution in [0.3, 0.4) is 0 Å². The number of hydrogen-bond donors (Lipinski definition) is 3. The van der Waals surface area contributed by atoms with E-state index in [1.54, 1.807) is 17.0 Å². The van der Waals surface area contributed by atoms with E-state index < -0.39 is 12.1 Å². The third kappa shape index (κ3) is 5.76. The summed E-state index contributed by atoms with van der Waals surface area (Å²) in [6.45, 7) is 5.76. The molecule has 1 aromatic carbocycles. The number of guanidine groups is 2. The molecule has 4 N–H and O–H groups in total. The molecule has 9 heteroatoms. The van der Waals surface area contributed by atoms with Crippen LogP contribution >= 0.6 is 0 Å². The molecule has 2 aliphatic heterocycles. The van der Waals surface area contributed by atoms with Crippen LogP contribution in [0.5, 0.6) is 5.75 Å². The Kier molecular flexibility index (Phi) is 8.03. The van der Waals surface area contributed by atoms with Crippen LogP contribution in [-0.4, -0.2) is 62.4 Å². The Labute approximate surface area is 196 Å². The molecule has 2 saturated heterocycles. The number of ether oxygens (including phenoxy) is 1. The second-order valence-corrected chi connectivity index (χ2v) is 9.19. The van der Waals surface area contributed by atoms with Crippen LogP contribution in [-0.2, 0) is 0 Å². The van der Waals surface area contributed by atoms with Crippen molar-refractivity contribution >= 4 is 17.6 Å². The first-order valence-corrected chi connectivity index (χ1v) is 12.3. The average Bonchev–Trinajstić information content (AvgIpc) is 3.29. The molecule has 0 aromatic heterocycles. The molecule has 4 rings (SSSR count). The van der Waals surface area contributed by atoms with Crippen molar-refractivity contribution < 1.29 is 9.13 Å². The fourth-order valence-electron chi connectivity index (χ4n) is 5.13. The number of anilines is 1. The molecule has 3 fully saturated rings. The summed E-state index contributed by atoms with van der Waals surface area (Å²) in [7, 11) is 1.46. The topological polar surface area (TPSA) is 90.5 Å². The van der Waals surface area contributed by atoms with Gasteiger partial charge in [0.25, 0.3) is 0 Å². The summed E-state index contributed by atoms with van der Waals surface area (Å²) < 4.78 is 19.6. The molecule has 1 aromatic rings. The number of likely N-dealkylation sites (N-methyl/N-ethyl adjacent to an activating group) is 1. The zero-order valence-corrected chi connectivity index (χ0v) is 19.9. The van der Waals surface area contributed by atoms with Crippen molar-refractivity contribution in [3.8, 4) is 5.75 Å². The van der Waals surface area contributed by atoms with Crippen LogP contribution in [0.25, 0.3) is 0 Å². The maximum absolute atomic E-state index is 14.5. The van der Waals surface area contributed by atoms with E-state index in [-0.39, 0.29) is 5.75 Å². The van der Waals surface area contributed by atoms with Crippen LogP contribution in [0.1, 0.15) is 51.9 Å². The number of nitrogens with zero attached hydrogens (tertiary/aromatic N) is 4. The molecular formula is C24H38FN7O. The first kappa shape index (κ1) is 23.8. The lowest BCUT2D eigenvalue weighted by molar-refractivity contribution is 0.273. The van der Waals surface area contributed by atoms with Crippen LogP contribution in [0.2, 0.25) is 0 Å². The van der Waals surface area contributed by atoms with Gasteiger partial charge in [0.05, 0.1) is 19.3 Å². The molecule has 3 aliphatic rings. The standard InChI is InChI=1S/C24H38FN7O/c1-3-31-13-7-10-19(31)16-28-24-30-23(27-15-17-8-5-4-6-9-17)29-22(26)32(24)18-11-12-21(33-2)20(25)14-18/h11-12,14,17,19,22H,3-10,13,15-16,26H2,1-2H3,(H2,27,28,29,30)/t19-,22?/m1/s1. The van der Waals surface area contributed by atoms with Crippen LogP contribution in [0.4, 0.5) is 10.1 Å². The molecule has 2 heterocycles. The SMILES string of the molecule is CCN1CCC[C@@H]1CN=C1NC(=NCC2CCCCC2)NC(N)N1c1ccc(OC)c(F)c1. The fraction of sp³-hybridized carbons (Fsp3) is 0.667. The molecule has 8 nitrogen and oxygen atoms in total. The summed E-state index contributed by atoms with van der Waals surface area (Å²) in [6, 6.07) is 5.23. The number of likely N-dealkylation sites (tertiary alicyclic amines) is 1. The van der Waals surface area contributed by atoms with Gasteiger partial charge in [0.15, 0.2) is 17.9 Å². The molecule has 0 radical (unpaired) electrons. The molecule has 0 amide bonds. The smallest absolute Gasteiger partial charge is 0.208 e. The van der Waals surface area contributed by atoms with Crippen molar-refractivity contribution in [1.82, 2.24) is 15.5 Å². The first-order valence-electron chi connectivity index (χ1n) is 12.3. The van der Waals surface area contributed by atoms with Crippen molar-refractivity contribution in [1.29, 1.82) is 0 Å². The molecule has 1 unspecified atom stereocenters. The monoisotopic (exact) mass is 459 g/mol. The lowest BCUT2D eigenvalue weighted by Crippen LogP contribution is -2.68. The van der Waals surface area contributed by atoms with Crippen LogP contribution in [0.15, 0.2) is 28.2 Å². The van der Waals surface area contributed by atoms with Crippen molar-refractivity contribution in [2.75, 3.05) is 38.2 Å². The highest BCUT2D eigenvalue weighted by Crippen LogP contribution is 2.26. The highest BCUT2D eigenvalue weighted by atomic mass is 19.1. The van der Waals surface area contributed by atoms with Crippen molar-refractivity contribution in [3.05, 3.63) is 24.0 Å². The Morgan fingerprint density at radius 2 is 1.94 bits per heavy atom. The number of nitrogens with one attached hydrogen (secondary N) is 2. The summed E-state index contributed by atoms with van der Waals surface area (Å²) in [5.41, 5.74) is 7.11. The Hall–Kier alpha value is -2.39. The van der Waals surface area contributed by atoms with E-state index in [4.69, 9.17) is 20.5 Å². The van der Waals surface area contributed by atoms with Crippen molar-refractivity contribution in [2.45, 2.75) is 64.2 Å². The molecule has 182 valence electrons. The summed E-state index contributed by atoms with van der Waals surface area (Å²) >= 11 is 0. The van der Waals surface area contributed by atoms with E-state index in [1.807, 2.05) is 0 Å². The second kappa shape index (κ2) is 11.2. The second-order valence-electron chi connectivity index (χ2n) is 9.19. The van der Waals surface area contributed by atoms with Gasteiger partial charge in [-0.3, -0.25) is 30.8 Å². The Balaban J connectivity index is 1.56. The summed E-state index contributed by atoms with van der Waals surface area (Å²) in [5, 5.41) is 6.57. The molecule has 1 saturated carbocycles. The predicted octanol–water partition coefficient (Wildman–Crippen LogP) is 2.85. The molecule has 2 atom stereocenters. The van der Waals surface area contributed by atoms with Gasteiger partial charge in [-0.05, 0) is 56.8 Å². The Bertz CT molecular complexity index is 855. The quantitative estimate of drug-likeness (QED) is 0.581. The molecule has 33 heavy (non-hydrogen) atoms. The van der Waals surface area contributed by atoms with Gasteiger partial charge < -0.3 is 10.1 Å². The van der Waals surface area contributed by atoms with Gasteiger partial charge in [-0.15, -0.1) is 0 Å². The number of aliphatic imine (C=N–C) groups is 2. The third-order valence-electron chi connectivity index (χ3n) is 7.02. The number of methoxy groups -OCH3 is 1. The zero-order chi connectivity index (χ0) is 23.2. The fourth-order valence-corrected chi connectivity index (χ4v) is 5.13. The van der Waals surface area contributed by atoms with Gasteiger partial charge in [-0.2, -0.15) is 0 Å². The summed E-state index contributed by atoms with van der Waals surface area (Å²) in [5.74, 6) is 1.61. The van der Waals surface area contributed by atoms with Gasteiger partial charge >= 0.3 is 0 Å². The predicted molar refractivity (Wildman–Crippen MR) is 131 cm³/mol.